The molecule has 7 heteroatoms. The van der Waals surface area contributed by atoms with Crippen LogP contribution in [0.1, 0.15) is 58.1 Å². The molecule has 2 atom stereocenters. The van der Waals surface area contributed by atoms with Crippen LogP contribution in [-0.2, 0) is 14.3 Å². The average molecular weight is 481 g/mol. The molecule has 2 N–H and O–H groups in total. The van der Waals surface area contributed by atoms with Gasteiger partial charge in [0.1, 0.15) is 12.6 Å². The molecule has 2 aromatic rings. The topological polar surface area (TPSA) is 95.9 Å². The zero-order valence-electron chi connectivity index (χ0n) is 21.2. The predicted molar refractivity (Wildman–Crippen MR) is 135 cm³/mol. The number of hydrogen-bond donors (Lipinski definition) is 2. The number of fused-ring (bicyclic) bond motifs is 3. The molecule has 3 rings (SSSR count). The fraction of sp³-hybridized carbons (Fsp3) is 0.464. The van der Waals surface area contributed by atoms with Gasteiger partial charge in [0.05, 0.1) is 5.92 Å². The number of carbonyl (C=O) groups excluding carboxylic acids is 2. The summed E-state index contributed by atoms with van der Waals surface area (Å²) >= 11 is 0. The lowest BCUT2D eigenvalue weighted by Gasteiger charge is -2.32. The standard InChI is InChI=1S/C28H36N2O5/c1-6-30(18(2)26(32)33)25(31)19(15-28(3,4)5)16-29-27(34)35-17-24-22-13-9-7-11-20(22)21-12-8-10-14-23(21)24/h7-14,18-19,24H,6,15-17H2,1-5H3,(H,29,34)(H,32,33). The monoisotopic (exact) mass is 480 g/mol. The summed E-state index contributed by atoms with van der Waals surface area (Å²) < 4.78 is 5.60. The SMILES string of the molecule is CCN(C(=O)C(CNC(=O)OCC1c2ccccc2-c2ccccc21)CC(C)(C)C)C(C)C(=O)O. The third kappa shape index (κ3) is 6.21. The van der Waals surface area contributed by atoms with E-state index >= 15 is 0 Å². The number of carboxylic acids is 1. The zero-order valence-corrected chi connectivity index (χ0v) is 21.2. The second-order valence-corrected chi connectivity index (χ2v) is 10.3. The number of ether oxygens (including phenoxy) is 1. The van der Waals surface area contributed by atoms with Gasteiger partial charge in [0.25, 0.3) is 0 Å². The summed E-state index contributed by atoms with van der Waals surface area (Å²) in [6.07, 6.45) is -0.0916. The van der Waals surface area contributed by atoms with Crippen molar-refractivity contribution in [3.05, 3.63) is 59.7 Å². The van der Waals surface area contributed by atoms with Crippen LogP contribution < -0.4 is 5.32 Å². The first-order valence-electron chi connectivity index (χ1n) is 12.2. The summed E-state index contributed by atoms with van der Waals surface area (Å²) in [5, 5.41) is 12.1. The molecule has 0 bridgehead atoms. The molecule has 0 heterocycles. The highest BCUT2D eigenvalue weighted by atomic mass is 16.5. The van der Waals surface area contributed by atoms with E-state index in [1.54, 1.807) is 6.92 Å². The molecular formula is C28H36N2O5. The second-order valence-electron chi connectivity index (χ2n) is 10.3. The summed E-state index contributed by atoms with van der Waals surface area (Å²) in [5.41, 5.74) is 4.38. The van der Waals surface area contributed by atoms with Crippen molar-refractivity contribution in [3.8, 4) is 11.1 Å². The number of carbonyl (C=O) groups is 3. The lowest BCUT2D eigenvalue weighted by atomic mass is 9.83. The highest BCUT2D eigenvalue weighted by Crippen LogP contribution is 2.44. The quantitative estimate of drug-likeness (QED) is 0.532. The Labute approximate surface area is 207 Å². The largest absolute Gasteiger partial charge is 0.480 e. The van der Waals surface area contributed by atoms with Crippen LogP contribution in [0.15, 0.2) is 48.5 Å². The molecule has 0 spiro atoms. The van der Waals surface area contributed by atoms with Crippen LogP contribution in [0.5, 0.6) is 0 Å². The number of nitrogens with zero attached hydrogens (tertiary/aromatic N) is 1. The van der Waals surface area contributed by atoms with Gasteiger partial charge in [-0.1, -0.05) is 69.3 Å². The van der Waals surface area contributed by atoms with E-state index in [0.717, 1.165) is 22.3 Å². The number of nitrogens with one attached hydrogen (secondary N) is 1. The number of likely N-dealkylation sites (N-methyl/N-ethyl adjacent to an activating group) is 1. The van der Waals surface area contributed by atoms with Crippen molar-refractivity contribution in [2.75, 3.05) is 19.7 Å². The van der Waals surface area contributed by atoms with Crippen molar-refractivity contribution in [2.24, 2.45) is 11.3 Å². The third-order valence-electron chi connectivity index (χ3n) is 6.49. The van der Waals surface area contributed by atoms with Crippen LogP contribution >= 0.6 is 0 Å². The lowest BCUT2D eigenvalue weighted by Crippen LogP contribution is -2.49. The number of rotatable bonds is 9. The number of hydrogen-bond acceptors (Lipinski definition) is 4. The zero-order chi connectivity index (χ0) is 25.8. The van der Waals surface area contributed by atoms with E-state index in [4.69, 9.17) is 4.74 Å². The molecule has 35 heavy (non-hydrogen) atoms. The van der Waals surface area contributed by atoms with Crippen LogP contribution in [-0.4, -0.2) is 53.7 Å². The fourth-order valence-corrected chi connectivity index (χ4v) is 4.83. The number of aliphatic carboxylic acids is 1. The molecule has 0 aromatic heterocycles. The van der Waals surface area contributed by atoms with Crippen molar-refractivity contribution in [2.45, 2.75) is 53.0 Å². The molecule has 1 aliphatic carbocycles. The summed E-state index contributed by atoms with van der Waals surface area (Å²) in [5.74, 6) is -1.94. The molecule has 0 aliphatic heterocycles. The highest BCUT2D eigenvalue weighted by Gasteiger charge is 2.33. The summed E-state index contributed by atoms with van der Waals surface area (Å²) in [4.78, 5) is 38.7. The Balaban J connectivity index is 1.66. The Bertz CT molecular complexity index is 1030. The summed E-state index contributed by atoms with van der Waals surface area (Å²) in [7, 11) is 0. The maximum atomic E-state index is 13.2. The first kappa shape index (κ1) is 26.3. The first-order chi connectivity index (χ1) is 16.5. The van der Waals surface area contributed by atoms with Crippen molar-refractivity contribution < 1.29 is 24.2 Å². The fourth-order valence-electron chi connectivity index (χ4n) is 4.83. The molecule has 2 aromatic carbocycles. The lowest BCUT2D eigenvalue weighted by molar-refractivity contribution is -0.151. The maximum absolute atomic E-state index is 13.2. The summed E-state index contributed by atoms with van der Waals surface area (Å²) in [6, 6.07) is 15.3. The van der Waals surface area contributed by atoms with E-state index in [-0.39, 0.29) is 36.9 Å². The maximum Gasteiger partial charge on any atom is 0.407 e. The summed E-state index contributed by atoms with van der Waals surface area (Å²) in [6.45, 7) is 9.83. The normalized spacial score (nSPS) is 14.4. The Morgan fingerprint density at radius 3 is 2.06 bits per heavy atom. The van der Waals surface area contributed by atoms with Gasteiger partial charge in [0.15, 0.2) is 0 Å². The van der Waals surface area contributed by atoms with Gasteiger partial charge in [-0.15, -0.1) is 0 Å². The van der Waals surface area contributed by atoms with Crippen molar-refractivity contribution in [1.82, 2.24) is 10.2 Å². The molecule has 2 unspecified atom stereocenters. The van der Waals surface area contributed by atoms with Gasteiger partial charge in [-0.2, -0.15) is 0 Å². The Kier molecular flexibility index (Phi) is 8.20. The molecule has 2 amide bonds. The van der Waals surface area contributed by atoms with Crippen LogP contribution in [0.2, 0.25) is 0 Å². The van der Waals surface area contributed by atoms with Gasteiger partial charge >= 0.3 is 12.1 Å². The minimum absolute atomic E-state index is 0.0489. The van der Waals surface area contributed by atoms with E-state index < -0.39 is 24.0 Å². The van der Waals surface area contributed by atoms with Crippen LogP contribution in [0, 0.1) is 11.3 Å². The third-order valence-corrected chi connectivity index (χ3v) is 6.49. The molecule has 0 saturated carbocycles. The van der Waals surface area contributed by atoms with E-state index in [2.05, 4.69) is 29.6 Å². The van der Waals surface area contributed by atoms with E-state index in [9.17, 15) is 19.5 Å². The van der Waals surface area contributed by atoms with Crippen molar-refractivity contribution in [3.63, 3.8) is 0 Å². The molecule has 0 fully saturated rings. The predicted octanol–water partition coefficient (Wildman–Crippen LogP) is 4.90. The highest BCUT2D eigenvalue weighted by molar-refractivity contribution is 5.85. The average Bonchev–Trinajstić information content (AvgIpc) is 3.13. The van der Waals surface area contributed by atoms with Crippen molar-refractivity contribution >= 4 is 18.0 Å². The van der Waals surface area contributed by atoms with Crippen LogP contribution in [0.25, 0.3) is 11.1 Å². The molecule has 188 valence electrons. The Morgan fingerprint density at radius 1 is 1.03 bits per heavy atom. The molecule has 1 aliphatic rings. The molecule has 0 saturated heterocycles. The number of benzene rings is 2. The first-order valence-corrected chi connectivity index (χ1v) is 12.2. The van der Waals surface area contributed by atoms with Crippen LogP contribution in [0.3, 0.4) is 0 Å². The Morgan fingerprint density at radius 2 is 1.57 bits per heavy atom. The van der Waals surface area contributed by atoms with E-state index in [1.807, 2.05) is 45.0 Å². The number of amides is 2. The molecule has 7 nitrogen and oxygen atoms in total. The van der Waals surface area contributed by atoms with E-state index in [1.165, 1.54) is 11.8 Å². The van der Waals surface area contributed by atoms with Gasteiger partial charge < -0.3 is 20.1 Å². The van der Waals surface area contributed by atoms with E-state index in [0.29, 0.717) is 6.42 Å². The number of carboxylic acid groups (broad SMARTS) is 1. The van der Waals surface area contributed by atoms with Gasteiger partial charge in [0.2, 0.25) is 5.91 Å². The minimum atomic E-state index is -1.06. The van der Waals surface area contributed by atoms with Gasteiger partial charge in [-0.3, -0.25) is 4.79 Å². The van der Waals surface area contributed by atoms with Crippen LogP contribution in [0.4, 0.5) is 4.79 Å². The number of alkyl carbamates (subject to hydrolysis) is 1. The Hall–Kier alpha value is -3.35. The van der Waals surface area contributed by atoms with Crippen molar-refractivity contribution in [1.29, 1.82) is 0 Å². The minimum Gasteiger partial charge on any atom is -0.480 e. The molecule has 0 radical (unpaired) electrons. The van der Waals surface area contributed by atoms with Gasteiger partial charge in [-0.05, 0) is 47.9 Å². The van der Waals surface area contributed by atoms with Gasteiger partial charge in [0, 0.05) is 19.0 Å². The second kappa shape index (κ2) is 10.9. The molecular weight excluding hydrogens is 444 g/mol. The smallest absolute Gasteiger partial charge is 0.407 e. The van der Waals surface area contributed by atoms with Gasteiger partial charge in [-0.25, -0.2) is 9.59 Å².